The molecule has 1 aliphatic carbocycles. The predicted molar refractivity (Wildman–Crippen MR) is 121 cm³/mol. The maximum atomic E-state index is 13.5. The standard InChI is InChI=1S/C23H23BrN2OS/c1-16-6-8-18(9-7-16)21(27)26-22(28)20(17-10-12-19(24)13-11-17)25-23(26)14-4-2-3-5-15-23/h6-13H,2-5,14-15H2,1H3. The lowest BCUT2D eigenvalue weighted by Crippen LogP contribution is -2.49. The van der Waals surface area contributed by atoms with Gasteiger partial charge < -0.3 is 0 Å². The van der Waals surface area contributed by atoms with E-state index in [1.807, 2.05) is 60.4 Å². The topological polar surface area (TPSA) is 32.7 Å². The molecule has 0 aromatic heterocycles. The number of halogens is 1. The molecule has 1 saturated carbocycles. The molecule has 1 spiro atoms. The highest BCUT2D eigenvalue weighted by molar-refractivity contribution is 9.10. The molecule has 3 nitrogen and oxygen atoms in total. The largest absolute Gasteiger partial charge is 0.271 e. The van der Waals surface area contributed by atoms with E-state index in [0.29, 0.717) is 10.6 Å². The molecule has 2 aromatic rings. The molecular formula is C23H23BrN2OS. The molecule has 0 N–H and O–H groups in total. The molecule has 0 radical (unpaired) electrons. The second kappa shape index (κ2) is 7.88. The molecule has 4 rings (SSSR count). The van der Waals surface area contributed by atoms with Gasteiger partial charge in [0.1, 0.15) is 16.4 Å². The van der Waals surface area contributed by atoms with Crippen molar-refractivity contribution in [2.75, 3.05) is 0 Å². The number of hydrogen-bond donors (Lipinski definition) is 0. The van der Waals surface area contributed by atoms with Crippen LogP contribution < -0.4 is 0 Å². The van der Waals surface area contributed by atoms with Crippen molar-refractivity contribution < 1.29 is 4.79 Å². The number of carbonyl (C=O) groups is 1. The lowest BCUT2D eigenvalue weighted by Gasteiger charge is -2.35. The van der Waals surface area contributed by atoms with E-state index in [9.17, 15) is 4.79 Å². The van der Waals surface area contributed by atoms with Gasteiger partial charge in [0.2, 0.25) is 0 Å². The molecule has 0 saturated heterocycles. The zero-order valence-corrected chi connectivity index (χ0v) is 18.4. The van der Waals surface area contributed by atoms with Crippen LogP contribution in [0, 0.1) is 6.92 Å². The quantitative estimate of drug-likeness (QED) is 0.514. The van der Waals surface area contributed by atoms with Gasteiger partial charge in [-0.15, -0.1) is 0 Å². The number of benzene rings is 2. The molecule has 2 aliphatic rings. The molecule has 1 aliphatic heterocycles. The van der Waals surface area contributed by atoms with Gasteiger partial charge in [-0.25, -0.2) is 0 Å². The molecule has 1 amide bonds. The molecule has 144 valence electrons. The molecule has 1 fully saturated rings. The Bertz CT molecular complexity index is 926. The Hall–Kier alpha value is -1.85. The first-order valence-corrected chi connectivity index (χ1v) is 11.0. The summed E-state index contributed by atoms with van der Waals surface area (Å²) in [6.07, 6.45) is 6.23. The first-order valence-electron chi connectivity index (χ1n) is 9.82. The van der Waals surface area contributed by atoms with Crippen LogP contribution in [0.3, 0.4) is 0 Å². The van der Waals surface area contributed by atoms with E-state index in [1.54, 1.807) is 0 Å². The fourth-order valence-electron chi connectivity index (χ4n) is 4.13. The molecule has 1 heterocycles. The number of carbonyl (C=O) groups excluding carboxylic acids is 1. The second-order valence-corrected chi connectivity index (χ2v) is 8.98. The smallest absolute Gasteiger partial charge is 0.260 e. The van der Waals surface area contributed by atoms with Gasteiger partial charge in [0.25, 0.3) is 5.91 Å². The Labute approximate surface area is 180 Å². The van der Waals surface area contributed by atoms with Crippen molar-refractivity contribution in [2.24, 2.45) is 4.99 Å². The van der Waals surface area contributed by atoms with E-state index >= 15 is 0 Å². The third-order valence-electron chi connectivity index (χ3n) is 5.67. The van der Waals surface area contributed by atoms with Crippen molar-refractivity contribution in [3.63, 3.8) is 0 Å². The molecule has 0 unspecified atom stereocenters. The summed E-state index contributed by atoms with van der Waals surface area (Å²) in [5, 5.41) is 0. The summed E-state index contributed by atoms with van der Waals surface area (Å²) in [7, 11) is 0. The van der Waals surface area contributed by atoms with Crippen LogP contribution in [0.4, 0.5) is 0 Å². The maximum absolute atomic E-state index is 13.5. The van der Waals surface area contributed by atoms with Crippen molar-refractivity contribution >= 4 is 44.8 Å². The number of nitrogens with zero attached hydrogens (tertiary/aromatic N) is 2. The highest BCUT2D eigenvalue weighted by atomic mass is 79.9. The normalized spacial score (nSPS) is 18.9. The zero-order valence-electron chi connectivity index (χ0n) is 16.0. The van der Waals surface area contributed by atoms with Crippen LogP contribution in [0.25, 0.3) is 0 Å². The van der Waals surface area contributed by atoms with Crippen LogP contribution in [0.2, 0.25) is 0 Å². The number of aryl methyl sites for hydroxylation is 1. The number of thiocarbonyl (C=S) groups is 1. The number of hydrogen-bond acceptors (Lipinski definition) is 3. The van der Waals surface area contributed by atoms with E-state index in [0.717, 1.165) is 47.0 Å². The SMILES string of the molecule is Cc1ccc(C(=O)N2C(=S)C(c3ccc(Br)cc3)=NC23CCCCCC3)cc1. The van der Waals surface area contributed by atoms with Crippen molar-refractivity contribution in [2.45, 2.75) is 51.1 Å². The fraction of sp³-hybridized carbons (Fsp3) is 0.348. The van der Waals surface area contributed by atoms with Crippen LogP contribution in [-0.2, 0) is 0 Å². The van der Waals surface area contributed by atoms with Crippen LogP contribution in [-0.4, -0.2) is 27.2 Å². The molecule has 0 atom stereocenters. The zero-order chi connectivity index (χ0) is 19.7. The van der Waals surface area contributed by atoms with E-state index in [4.69, 9.17) is 17.2 Å². The van der Waals surface area contributed by atoms with Crippen molar-refractivity contribution in [1.29, 1.82) is 0 Å². The van der Waals surface area contributed by atoms with E-state index < -0.39 is 5.66 Å². The third-order valence-corrected chi connectivity index (χ3v) is 6.57. The molecule has 5 heteroatoms. The summed E-state index contributed by atoms with van der Waals surface area (Å²) < 4.78 is 1.01. The number of aliphatic imine (C=N–C) groups is 1. The minimum absolute atomic E-state index is 0.0391. The Kier molecular flexibility index (Phi) is 5.48. The van der Waals surface area contributed by atoms with Gasteiger partial charge in [-0.05, 0) is 56.9 Å². The van der Waals surface area contributed by atoms with E-state index in [-0.39, 0.29) is 5.91 Å². The summed E-state index contributed by atoms with van der Waals surface area (Å²) in [4.78, 5) is 21.0. The Morgan fingerprint density at radius 2 is 1.61 bits per heavy atom. The number of amides is 1. The average molecular weight is 455 g/mol. The first kappa shape index (κ1) is 19.5. The van der Waals surface area contributed by atoms with Crippen LogP contribution in [0.1, 0.15) is 60.0 Å². The first-order chi connectivity index (χ1) is 13.5. The minimum atomic E-state index is -0.544. The monoisotopic (exact) mass is 454 g/mol. The highest BCUT2D eigenvalue weighted by Gasteiger charge is 2.48. The minimum Gasteiger partial charge on any atom is -0.271 e. The van der Waals surface area contributed by atoms with Crippen LogP contribution in [0.5, 0.6) is 0 Å². The summed E-state index contributed by atoms with van der Waals surface area (Å²) >= 11 is 9.32. The lowest BCUT2D eigenvalue weighted by atomic mass is 9.98. The van der Waals surface area contributed by atoms with Crippen molar-refractivity contribution in [1.82, 2.24) is 4.90 Å². The van der Waals surface area contributed by atoms with Gasteiger partial charge in [-0.2, -0.15) is 0 Å². The summed E-state index contributed by atoms with van der Waals surface area (Å²) in [6, 6.07) is 15.7. The Balaban J connectivity index is 1.77. The summed E-state index contributed by atoms with van der Waals surface area (Å²) in [5.74, 6) is -0.0391. The van der Waals surface area contributed by atoms with Crippen LogP contribution >= 0.6 is 28.1 Å². The van der Waals surface area contributed by atoms with Gasteiger partial charge in [0.05, 0.1) is 0 Å². The van der Waals surface area contributed by atoms with Gasteiger partial charge in [0.15, 0.2) is 0 Å². The average Bonchev–Trinajstić information content (AvgIpc) is 2.83. The molecule has 2 aromatic carbocycles. The third kappa shape index (κ3) is 3.58. The van der Waals surface area contributed by atoms with Crippen molar-refractivity contribution in [3.8, 4) is 0 Å². The maximum Gasteiger partial charge on any atom is 0.260 e. The predicted octanol–water partition coefficient (Wildman–Crippen LogP) is 6.08. The van der Waals surface area contributed by atoms with Gasteiger partial charge in [-0.3, -0.25) is 14.7 Å². The van der Waals surface area contributed by atoms with E-state index in [1.165, 1.54) is 12.8 Å². The van der Waals surface area contributed by atoms with Gasteiger partial charge >= 0.3 is 0 Å². The Morgan fingerprint density at radius 3 is 2.21 bits per heavy atom. The summed E-state index contributed by atoms with van der Waals surface area (Å²) in [5.41, 5.74) is 3.00. The van der Waals surface area contributed by atoms with E-state index in [2.05, 4.69) is 15.9 Å². The highest BCUT2D eigenvalue weighted by Crippen LogP contribution is 2.40. The Morgan fingerprint density at radius 1 is 1.00 bits per heavy atom. The number of rotatable bonds is 2. The fourth-order valence-corrected chi connectivity index (χ4v) is 4.81. The van der Waals surface area contributed by atoms with Gasteiger partial charge in [0, 0.05) is 15.6 Å². The second-order valence-electron chi connectivity index (χ2n) is 7.68. The molecule has 0 bridgehead atoms. The summed E-state index contributed by atoms with van der Waals surface area (Å²) in [6.45, 7) is 2.02. The van der Waals surface area contributed by atoms with Gasteiger partial charge in [-0.1, -0.05) is 70.8 Å². The molecular weight excluding hydrogens is 432 g/mol. The van der Waals surface area contributed by atoms with Crippen LogP contribution in [0.15, 0.2) is 58.0 Å². The van der Waals surface area contributed by atoms with Crippen molar-refractivity contribution in [3.05, 3.63) is 69.7 Å². The lowest BCUT2D eigenvalue weighted by molar-refractivity contribution is 0.0692. The molecule has 28 heavy (non-hydrogen) atoms.